The van der Waals surface area contributed by atoms with Gasteiger partial charge in [0.05, 0.1) is 18.7 Å². The van der Waals surface area contributed by atoms with Crippen LogP contribution >= 0.6 is 0 Å². The number of methoxy groups -OCH3 is 1. The molecule has 0 radical (unpaired) electrons. The molecular formula is C23H27F3N2O4S. The van der Waals surface area contributed by atoms with Crippen molar-refractivity contribution in [2.75, 3.05) is 13.7 Å². The Morgan fingerprint density at radius 2 is 1.91 bits per heavy atom. The number of halogens is 3. The van der Waals surface area contributed by atoms with Crippen molar-refractivity contribution in [3.8, 4) is 5.75 Å². The Kier molecular flexibility index (Phi) is 7.38. The third-order valence-electron chi connectivity index (χ3n) is 5.82. The molecule has 0 saturated carbocycles. The Morgan fingerprint density at radius 1 is 1.18 bits per heavy atom. The molecule has 0 aliphatic carbocycles. The second-order valence-electron chi connectivity index (χ2n) is 8.14. The fourth-order valence-electron chi connectivity index (χ4n) is 3.92. The standard InChI is InChI=1S/C23H27F3N2O4S/c1-15-7-4-5-12-28(15)33(30,31)21-14-18(10-11-20(21)32-3)22(29)27-16(2)17-8-6-9-19(13-17)23(24,25)26/h6,8-11,13-16H,4-5,7,12H2,1-3H3,(H,27,29). The van der Waals surface area contributed by atoms with Crippen molar-refractivity contribution >= 4 is 15.9 Å². The lowest BCUT2D eigenvalue weighted by Crippen LogP contribution is -2.42. The highest BCUT2D eigenvalue weighted by Gasteiger charge is 2.34. The lowest BCUT2D eigenvalue weighted by atomic mass is 10.0. The average Bonchev–Trinajstić information content (AvgIpc) is 2.78. The van der Waals surface area contributed by atoms with E-state index in [1.807, 2.05) is 6.92 Å². The first-order valence-corrected chi connectivity index (χ1v) is 12.1. The Bertz CT molecular complexity index is 1120. The summed E-state index contributed by atoms with van der Waals surface area (Å²) in [6, 6.07) is 7.88. The molecule has 2 atom stereocenters. The molecule has 1 saturated heterocycles. The molecule has 2 aromatic rings. The molecule has 0 aromatic heterocycles. The van der Waals surface area contributed by atoms with Crippen LogP contribution in [0.25, 0.3) is 0 Å². The molecule has 2 unspecified atom stereocenters. The van der Waals surface area contributed by atoms with E-state index in [0.717, 1.165) is 31.4 Å². The molecule has 1 fully saturated rings. The van der Waals surface area contributed by atoms with Gasteiger partial charge >= 0.3 is 6.18 Å². The van der Waals surface area contributed by atoms with E-state index < -0.39 is 33.7 Å². The zero-order valence-corrected chi connectivity index (χ0v) is 19.5. The summed E-state index contributed by atoms with van der Waals surface area (Å²) in [5, 5.41) is 2.64. The summed E-state index contributed by atoms with van der Waals surface area (Å²) in [6.45, 7) is 3.79. The minimum absolute atomic E-state index is 0.0675. The number of amides is 1. The van der Waals surface area contributed by atoms with Crippen molar-refractivity contribution < 1.29 is 31.1 Å². The van der Waals surface area contributed by atoms with Crippen LogP contribution in [0.5, 0.6) is 5.75 Å². The maximum Gasteiger partial charge on any atom is 0.416 e. The van der Waals surface area contributed by atoms with E-state index in [1.54, 1.807) is 6.92 Å². The van der Waals surface area contributed by atoms with Gasteiger partial charge in [0.25, 0.3) is 5.91 Å². The van der Waals surface area contributed by atoms with Gasteiger partial charge in [-0.3, -0.25) is 4.79 Å². The molecule has 33 heavy (non-hydrogen) atoms. The molecule has 1 heterocycles. The number of hydrogen-bond donors (Lipinski definition) is 1. The van der Waals surface area contributed by atoms with Crippen LogP contribution in [-0.2, 0) is 16.2 Å². The quantitative estimate of drug-likeness (QED) is 0.641. The molecule has 2 aromatic carbocycles. The predicted octanol–water partition coefficient (Wildman–Crippen LogP) is 4.77. The van der Waals surface area contributed by atoms with Crippen LogP contribution in [0.15, 0.2) is 47.4 Å². The third-order valence-corrected chi connectivity index (χ3v) is 7.85. The van der Waals surface area contributed by atoms with Crippen molar-refractivity contribution in [3.05, 3.63) is 59.2 Å². The molecule has 1 N–H and O–H groups in total. The first-order valence-electron chi connectivity index (χ1n) is 10.6. The van der Waals surface area contributed by atoms with Crippen LogP contribution in [0.3, 0.4) is 0 Å². The Labute approximate surface area is 191 Å². The highest BCUT2D eigenvalue weighted by Crippen LogP contribution is 2.33. The number of alkyl halides is 3. The fourth-order valence-corrected chi connectivity index (χ4v) is 5.81. The van der Waals surface area contributed by atoms with Gasteiger partial charge in [-0.2, -0.15) is 17.5 Å². The molecule has 1 amide bonds. The molecule has 180 valence electrons. The smallest absolute Gasteiger partial charge is 0.416 e. The summed E-state index contributed by atoms with van der Waals surface area (Å²) >= 11 is 0. The second kappa shape index (κ2) is 9.72. The summed E-state index contributed by atoms with van der Waals surface area (Å²) in [5.74, 6) is -0.485. The maximum absolute atomic E-state index is 13.3. The Balaban J connectivity index is 1.87. The van der Waals surface area contributed by atoms with Crippen molar-refractivity contribution in [1.29, 1.82) is 0 Å². The van der Waals surface area contributed by atoms with E-state index >= 15 is 0 Å². The molecule has 1 aliphatic rings. The number of hydrogen-bond acceptors (Lipinski definition) is 4. The molecule has 10 heteroatoms. The van der Waals surface area contributed by atoms with Gasteiger partial charge in [0.15, 0.2) is 0 Å². The number of ether oxygens (including phenoxy) is 1. The molecule has 0 bridgehead atoms. The third kappa shape index (κ3) is 5.50. The molecule has 6 nitrogen and oxygen atoms in total. The molecule has 0 spiro atoms. The van der Waals surface area contributed by atoms with Gasteiger partial charge in [0.2, 0.25) is 10.0 Å². The van der Waals surface area contributed by atoms with E-state index in [9.17, 15) is 26.4 Å². The number of nitrogens with one attached hydrogen (secondary N) is 1. The predicted molar refractivity (Wildman–Crippen MR) is 118 cm³/mol. The lowest BCUT2D eigenvalue weighted by molar-refractivity contribution is -0.137. The van der Waals surface area contributed by atoms with Gasteiger partial charge in [-0.05, 0) is 62.6 Å². The zero-order chi connectivity index (χ0) is 24.4. The minimum atomic E-state index is -4.50. The number of benzene rings is 2. The number of carbonyl (C=O) groups is 1. The van der Waals surface area contributed by atoms with Crippen molar-refractivity contribution in [3.63, 3.8) is 0 Å². The zero-order valence-electron chi connectivity index (χ0n) is 18.6. The van der Waals surface area contributed by atoms with Crippen LogP contribution in [0.1, 0.15) is 60.6 Å². The number of nitrogens with zero attached hydrogens (tertiary/aromatic N) is 1. The maximum atomic E-state index is 13.3. The van der Waals surface area contributed by atoms with Crippen LogP contribution in [-0.4, -0.2) is 38.3 Å². The lowest BCUT2D eigenvalue weighted by Gasteiger charge is -2.32. The van der Waals surface area contributed by atoms with Crippen molar-refractivity contribution in [1.82, 2.24) is 9.62 Å². The van der Waals surface area contributed by atoms with Gasteiger partial charge in [0, 0.05) is 18.2 Å². The molecular weight excluding hydrogens is 457 g/mol. The van der Waals surface area contributed by atoms with Gasteiger partial charge in [-0.15, -0.1) is 0 Å². The normalized spacial score (nSPS) is 18.5. The van der Waals surface area contributed by atoms with Crippen LogP contribution in [0, 0.1) is 0 Å². The summed E-state index contributed by atoms with van der Waals surface area (Å²) in [7, 11) is -2.56. The van der Waals surface area contributed by atoms with E-state index in [0.29, 0.717) is 6.54 Å². The van der Waals surface area contributed by atoms with Crippen LogP contribution in [0.4, 0.5) is 13.2 Å². The first kappa shape index (κ1) is 25.0. The van der Waals surface area contributed by atoms with Crippen LogP contribution < -0.4 is 10.1 Å². The summed E-state index contributed by atoms with van der Waals surface area (Å²) in [5.41, 5.74) is -0.464. The monoisotopic (exact) mass is 484 g/mol. The Hall–Kier alpha value is -2.59. The second-order valence-corrected chi connectivity index (χ2v) is 10.0. The largest absolute Gasteiger partial charge is 0.495 e. The Morgan fingerprint density at radius 3 is 2.55 bits per heavy atom. The van der Waals surface area contributed by atoms with Crippen LogP contribution in [0.2, 0.25) is 0 Å². The van der Waals surface area contributed by atoms with E-state index in [4.69, 9.17) is 4.74 Å². The van der Waals surface area contributed by atoms with Gasteiger partial charge < -0.3 is 10.1 Å². The fraction of sp³-hybridized carbons (Fsp3) is 0.435. The molecule has 1 aliphatic heterocycles. The number of rotatable bonds is 6. The molecule has 3 rings (SSSR count). The average molecular weight is 485 g/mol. The van der Waals surface area contributed by atoms with E-state index in [-0.39, 0.29) is 27.8 Å². The highest BCUT2D eigenvalue weighted by atomic mass is 32.2. The van der Waals surface area contributed by atoms with Gasteiger partial charge in [-0.25, -0.2) is 8.42 Å². The first-order chi connectivity index (χ1) is 15.4. The summed E-state index contributed by atoms with van der Waals surface area (Å²) in [6.07, 6.45) is -2.05. The van der Waals surface area contributed by atoms with E-state index in [2.05, 4.69) is 5.32 Å². The number of piperidine rings is 1. The summed E-state index contributed by atoms with van der Waals surface area (Å²) in [4.78, 5) is 12.7. The highest BCUT2D eigenvalue weighted by molar-refractivity contribution is 7.89. The number of sulfonamides is 1. The topological polar surface area (TPSA) is 75.7 Å². The number of carbonyl (C=O) groups excluding carboxylic acids is 1. The van der Waals surface area contributed by atoms with Crippen molar-refractivity contribution in [2.24, 2.45) is 0 Å². The van der Waals surface area contributed by atoms with Gasteiger partial charge in [0.1, 0.15) is 10.6 Å². The minimum Gasteiger partial charge on any atom is -0.495 e. The van der Waals surface area contributed by atoms with Crippen molar-refractivity contribution in [2.45, 2.75) is 56.3 Å². The SMILES string of the molecule is COc1ccc(C(=O)NC(C)c2cccc(C(F)(F)F)c2)cc1S(=O)(=O)N1CCCCC1C. The summed E-state index contributed by atoms with van der Waals surface area (Å²) < 4.78 is 72.4. The van der Waals surface area contributed by atoms with E-state index in [1.165, 1.54) is 41.7 Å². The van der Waals surface area contributed by atoms with Gasteiger partial charge in [-0.1, -0.05) is 18.6 Å².